The molecule has 2 rings (SSSR count). The van der Waals surface area contributed by atoms with E-state index in [2.05, 4.69) is 16.0 Å². The molecule has 0 bridgehead atoms. The molecule has 0 spiro atoms. The summed E-state index contributed by atoms with van der Waals surface area (Å²) in [5.74, 6) is 0.632. The first-order valence-electron chi connectivity index (χ1n) is 5.81. The van der Waals surface area contributed by atoms with Gasteiger partial charge in [0.25, 0.3) is 0 Å². The Balaban J connectivity index is 2.20. The zero-order valence-electron chi connectivity index (χ0n) is 9.93. The normalized spacial score (nSPS) is 25.1. The Bertz CT molecular complexity index is 438. The highest BCUT2D eigenvalue weighted by atomic mass is 16.3. The van der Waals surface area contributed by atoms with E-state index in [9.17, 15) is 5.11 Å². The predicted molar refractivity (Wildman–Crippen MR) is 63.4 cm³/mol. The number of aliphatic hydroxyl groups is 1. The number of hydrogen-bond donors (Lipinski definition) is 1. The molecule has 1 aliphatic heterocycles. The summed E-state index contributed by atoms with van der Waals surface area (Å²) in [5.41, 5.74) is -0.252. The maximum Gasteiger partial charge on any atom is 0.183 e. The second kappa shape index (κ2) is 4.68. The Kier molecular flexibility index (Phi) is 3.25. The molecule has 0 radical (unpaired) electrons. The zero-order valence-corrected chi connectivity index (χ0v) is 9.93. The van der Waals surface area contributed by atoms with Crippen LogP contribution in [0.4, 0.5) is 5.82 Å². The van der Waals surface area contributed by atoms with Gasteiger partial charge in [0.2, 0.25) is 0 Å². The third kappa shape index (κ3) is 2.71. The summed E-state index contributed by atoms with van der Waals surface area (Å²) >= 11 is 0. The number of nitrogens with zero attached hydrogens (tertiary/aromatic N) is 4. The van der Waals surface area contributed by atoms with Crippen LogP contribution >= 0.6 is 0 Å². The monoisotopic (exact) mass is 232 g/mol. The second-order valence-electron chi connectivity index (χ2n) is 4.68. The van der Waals surface area contributed by atoms with Gasteiger partial charge in [0.1, 0.15) is 6.07 Å². The van der Waals surface area contributed by atoms with Gasteiger partial charge in [-0.1, -0.05) is 0 Å². The Hall–Kier alpha value is -1.67. The van der Waals surface area contributed by atoms with Crippen LogP contribution in [0.15, 0.2) is 12.4 Å². The first kappa shape index (κ1) is 11.8. The van der Waals surface area contributed by atoms with Crippen molar-refractivity contribution in [3.05, 3.63) is 18.1 Å². The maximum absolute atomic E-state index is 10.0. The number of anilines is 1. The van der Waals surface area contributed by atoms with Gasteiger partial charge in [-0.2, -0.15) is 5.26 Å². The molecule has 0 amide bonds. The smallest absolute Gasteiger partial charge is 0.183 e. The molecule has 1 unspecified atom stereocenters. The molecular formula is C12H16N4O. The second-order valence-corrected chi connectivity index (χ2v) is 4.68. The molecule has 1 aromatic heterocycles. The van der Waals surface area contributed by atoms with Crippen LogP contribution in [0.3, 0.4) is 0 Å². The summed E-state index contributed by atoms with van der Waals surface area (Å²) in [4.78, 5) is 10.3. The molecule has 2 heterocycles. The first-order valence-corrected chi connectivity index (χ1v) is 5.81. The molecule has 0 aliphatic carbocycles. The molecule has 17 heavy (non-hydrogen) atoms. The average molecular weight is 232 g/mol. The molecule has 1 aliphatic rings. The van der Waals surface area contributed by atoms with Crippen LogP contribution in [0.2, 0.25) is 0 Å². The van der Waals surface area contributed by atoms with Gasteiger partial charge in [-0.15, -0.1) is 0 Å². The lowest BCUT2D eigenvalue weighted by atomic mass is 9.98. The van der Waals surface area contributed by atoms with Crippen molar-refractivity contribution < 1.29 is 5.11 Å². The van der Waals surface area contributed by atoms with Gasteiger partial charge < -0.3 is 10.0 Å². The molecule has 1 aromatic rings. The molecule has 0 aromatic carbocycles. The lowest BCUT2D eigenvalue weighted by molar-refractivity contribution is 0.0481. The van der Waals surface area contributed by atoms with Gasteiger partial charge in [0.15, 0.2) is 11.5 Å². The minimum atomic E-state index is -0.607. The maximum atomic E-state index is 10.0. The minimum absolute atomic E-state index is 0.356. The molecule has 0 saturated carbocycles. The van der Waals surface area contributed by atoms with Gasteiger partial charge in [-0.05, 0) is 26.2 Å². The number of hydrogen-bond acceptors (Lipinski definition) is 5. The highest BCUT2D eigenvalue weighted by molar-refractivity contribution is 5.49. The van der Waals surface area contributed by atoms with E-state index >= 15 is 0 Å². The van der Waals surface area contributed by atoms with Crippen molar-refractivity contribution in [3.63, 3.8) is 0 Å². The third-order valence-corrected chi connectivity index (χ3v) is 3.15. The largest absolute Gasteiger partial charge is 0.390 e. The molecular weight excluding hydrogens is 216 g/mol. The third-order valence-electron chi connectivity index (χ3n) is 3.15. The quantitative estimate of drug-likeness (QED) is 0.784. The first-order chi connectivity index (χ1) is 8.12. The fourth-order valence-electron chi connectivity index (χ4n) is 2.12. The van der Waals surface area contributed by atoms with Crippen molar-refractivity contribution >= 4 is 5.82 Å². The zero-order chi connectivity index (χ0) is 12.3. The number of nitriles is 1. The van der Waals surface area contributed by atoms with Crippen molar-refractivity contribution in [2.24, 2.45) is 0 Å². The Morgan fingerprint density at radius 2 is 2.12 bits per heavy atom. The molecule has 1 saturated heterocycles. The molecule has 90 valence electrons. The van der Waals surface area contributed by atoms with Crippen LogP contribution in [-0.4, -0.2) is 33.8 Å². The van der Waals surface area contributed by atoms with Crippen LogP contribution in [0.5, 0.6) is 0 Å². The van der Waals surface area contributed by atoms with E-state index in [1.165, 1.54) is 6.20 Å². The van der Waals surface area contributed by atoms with E-state index in [1.54, 1.807) is 6.20 Å². The van der Waals surface area contributed by atoms with E-state index in [1.807, 2.05) is 11.8 Å². The Morgan fingerprint density at radius 1 is 1.35 bits per heavy atom. The summed E-state index contributed by atoms with van der Waals surface area (Å²) < 4.78 is 0. The lowest BCUT2D eigenvalue weighted by Gasteiger charge is -2.23. The fraction of sp³-hybridized carbons (Fsp3) is 0.583. The SMILES string of the molecule is CC1(O)CCCN(c2nccnc2C#N)CC1. The number of rotatable bonds is 1. The molecule has 5 nitrogen and oxygen atoms in total. The summed E-state index contributed by atoms with van der Waals surface area (Å²) in [7, 11) is 0. The minimum Gasteiger partial charge on any atom is -0.390 e. The van der Waals surface area contributed by atoms with E-state index in [-0.39, 0.29) is 0 Å². The van der Waals surface area contributed by atoms with Gasteiger partial charge in [-0.3, -0.25) is 0 Å². The highest BCUT2D eigenvalue weighted by Gasteiger charge is 2.26. The fourth-order valence-corrected chi connectivity index (χ4v) is 2.12. The summed E-state index contributed by atoms with van der Waals surface area (Å²) in [6.45, 7) is 3.38. The van der Waals surface area contributed by atoms with Crippen LogP contribution < -0.4 is 4.90 Å². The standard InChI is InChI=1S/C12H16N4O/c1-12(17)3-2-7-16(8-4-12)11-10(9-13)14-5-6-15-11/h5-6,17H,2-4,7-8H2,1H3. The highest BCUT2D eigenvalue weighted by Crippen LogP contribution is 2.25. The van der Waals surface area contributed by atoms with E-state index in [4.69, 9.17) is 5.26 Å². The van der Waals surface area contributed by atoms with Crippen LogP contribution in [0.25, 0.3) is 0 Å². The Labute approximate surface area is 101 Å². The average Bonchev–Trinajstić information content (AvgIpc) is 2.50. The van der Waals surface area contributed by atoms with Crippen LogP contribution in [0.1, 0.15) is 31.9 Å². The number of aromatic nitrogens is 2. The molecule has 1 atom stereocenters. The topological polar surface area (TPSA) is 73.0 Å². The van der Waals surface area contributed by atoms with Gasteiger partial charge in [0.05, 0.1) is 5.60 Å². The van der Waals surface area contributed by atoms with Gasteiger partial charge in [-0.25, -0.2) is 9.97 Å². The Morgan fingerprint density at radius 3 is 2.88 bits per heavy atom. The van der Waals surface area contributed by atoms with Crippen LogP contribution in [0, 0.1) is 11.3 Å². The van der Waals surface area contributed by atoms with Gasteiger partial charge >= 0.3 is 0 Å². The molecule has 1 N–H and O–H groups in total. The van der Waals surface area contributed by atoms with Crippen molar-refractivity contribution in [3.8, 4) is 6.07 Å². The van der Waals surface area contributed by atoms with Crippen molar-refractivity contribution in [2.45, 2.75) is 31.8 Å². The summed E-state index contributed by atoms with van der Waals surface area (Å²) in [5, 5.41) is 19.0. The summed E-state index contributed by atoms with van der Waals surface area (Å²) in [6, 6.07) is 2.06. The van der Waals surface area contributed by atoms with Gasteiger partial charge in [0, 0.05) is 25.5 Å². The summed E-state index contributed by atoms with van der Waals surface area (Å²) in [6.07, 6.45) is 5.49. The van der Waals surface area contributed by atoms with Crippen molar-refractivity contribution in [1.29, 1.82) is 5.26 Å². The van der Waals surface area contributed by atoms with Crippen molar-refractivity contribution in [1.82, 2.24) is 9.97 Å². The molecule has 1 fully saturated rings. The van der Waals surface area contributed by atoms with E-state index in [0.717, 1.165) is 19.4 Å². The van der Waals surface area contributed by atoms with E-state index in [0.29, 0.717) is 24.5 Å². The van der Waals surface area contributed by atoms with Crippen molar-refractivity contribution in [2.75, 3.05) is 18.0 Å². The van der Waals surface area contributed by atoms with E-state index < -0.39 is 5.60 Å². The lowest BCUT2D eigenvalue weighted by Crippen LogP contribution is -2.29. The van der Waals surface area contributed by atoms with Crippen LogP contribution in [-0.2, 0) is 0 Å². The predicted octanol–water partition coefficient (Wildman–Crippen LogP) is 1.09. The molecule has 5 heteroatoms.